The standard InChI is InChI=1S/C12H22N4/c1-9(2)16-11(12(13)14-15-16)10-7-5-3-4-6-8-10/h9-10H,3-8,13H2,1-2H3. The van der Waals surface area contributed by atoms with Crippen molar-refractivity contribution >= 4 is 5.82 Å². The third-order valence-corrected chi connectivity index (χ3v) is 3.49. The number of aromatic nitrogens is 3. The van der Waals surface area contributed by atoms with E-state index in [9.17, 15) is 0 Å². The van der Waals surface area contributed by atoms with E-state index < -0.39 is 0 Å². The third kappa shape index (κ3) is 2.20. The van der Waals surface area contributed by atoms with Crippen LogP contribution in [0.5, 0.6) is 0 Å². The Bertz CT molecular complexity index is 335. The molecule has 0 aliphatic heterocycles. The Morgan fingerprint density at radius 2 is 1.81 bits per heavy atom. The van der Waals surface area contributed by atoms with E-state index in [1.54, 1.807) is 0 Å². The van der Waals surface area contributed by atoms with E-state index in [0.717, 1.165) is 0 Å². The highest BCUT2D eigenvalue weighted by molar-refractivity contribution is 5.36. The largest absolute Gasteiger partial charge is 0.381 e. The molecule has 4 nitrogen and oxygen atoms in total. The second kappa shape index (κ2) is 4.85. The predicted molar refractivity (Wildman–Crippen MR) is 65.3 cm³/mol. The van der Waals surface area contributed by atoms with Crippen LogP contribution in [0.1, 0.15) is 70.0 Å². The Balaban J connectivity index is 2.26. The molecule has 0 aromatic carbocycles. The van der Waals surface area contributed by atoms with Gasteiger partial charge >= 0.3 is 0 Å². The second-order valence-corrected chi connectivity index (χ2v) is 5.09. The van der Waals surface area contributed by atoms with E-state index in [2.05, 4.69) is 24.2 Å². The maximum absolute atomic E-state index is 5.97. The Morgan fingerprint density at radius 3 is 2.38 bits per heavy atom. The lowest BCUT2D eigenvalue weighted by atomic mass is 9.96. The second-order valence-electron chi connectivity index (χ2n) is 5.09. The van der Waals surface area contributed by atoms with Gasteiger partial charge in [-0.2, -0.15) is 0 Å². The highest BCUT2D eigenvalue weighted by Crippen LogP contribution is 2.34. The molecule has 2 N–H and O–H groups in total. The number of anilines is 1. The zero-order chi connectivity index (χ0) is 11.5. The van der Waals surface area contributed by atoms with Gasteiger partial charge in [0.05, 0.1) is 5.69 Å². The van der Waals surface area contributed by atoms with Crippen molar-refractivity contribution < 1.29 is 0 Å². The van der Waals surface area contributed by atoms with Gasteiger partial charge in [-0.1, -0.05) is 30.9 Å². The van der Waals surface area contributed by atoms with E-state index in [-0.39, 0.29) is 0 Å². The van der Waals surface area contributed by atoms with Crippen LogP contribution in [0, 0.1) is 0 Å². The number of nitrogens with zero attached hydrogens (tertiary/aromatic N) is 3. The van der Waals surface area contributed by atoms with Crippen LogP contribution in [-0.4, -0.2) is 15.0 Å². The minimum absolute atomic E-state index is 0.350. The lowest BCUT2D eigenvalue weighted by molar-refractivity contribution is 0.455. The van der Waals surface area contributed by atoms with E-state index in [1.807, 2.05) is 4.68 Å². The highest BCUT2D eigenvalue weighted by Gasteiger charge is 2.23. The number of nitrogen functional groups attached to an aromatic ring is 1. The summed E-state index contributed by atoms with van der Waals surface area (Å²) in [7, 11) is 0. The van der Waals surface area contributed by atoms with Crippen LogP contribution >= 0.6 is 0 Å². The first-order valence-corrected chi connectivity index (χ1v) is 6.40. The minimum atomic E-state index is 0.350. The molecule has 1 fully saturated rings. The zero-order valence-electron chi connectivity index (χ0n) is 10.3. The molecule has 2 rings (SSSR count). The van der Waals surface area contributed by atoms with Crippen LogP contribution in [0.15, 0.2) is 0 Å². The summed E-state index contributed by atoms with van der Waals surface area (Å²) in [4.78, 5) is 0. The minimum Gasteiger partial charge on any atom is -0.381 e. The Morgan fingerprint density at radius 1 is 1.19 bits per heavy atom. The van der Waals surface area contributed by atoms with Gasteiger partial charge in [0.15, 0.2) is 5.82 Å². The van der Waals surface area contributed by atoms with E-state index in [0.29, 0.717) is 17.8 Å². The van der Waals surface area contributed by atoms with Crippen LogP contribution in [0.2, 0.25) is 0 Å². The summed E-state index contributed by atoms with van der Waals surface area (Å²) in [5, 5.41) is 8.20. The molecule has 4 heteroatoms. The first-order chi connectivity index (χ1) is 7.70. The maximum Gasteiger partial charge on any atom is 0.169 e. The Hall–Kier alpha value is -1.06. The summed E-state index contributed by atoms with van der Waals surface area (Å²) in [6, 6.07) is 0.350. The van der Waals surface area contributed by atoms with Crippen molar-refractivity contribution in [2.75, 3.05) is 5.73 Å². The fourth-order valence-corrected chi connectivity index (χ4v) is 2.64. The average Bonchev–Trinajstić information content (AvgIpc) is 2.50. The summed E-state index contributed by atoms with van der Waals surface area (Å²) in [6.45, 7) is 4.27. The first kappa shape index (κ1) is 11.4. The third-order valence-electron chi connectivity index (χ3n) is 3.49. The number of hydrogen-bond acceptors (Lipinski definition) is 3. The van der Waals surface area contributed by atoms with E-state index in [1.165, 1.54) is 44.2 Å². The molecule has 0 spiro atoms. The van der Waals surface area contributed by atoms with Crippen LogP contribution in [0.3, 0.4) is 0 Å². The molecule has 0 radical (unpaired) electrons. The smallest absolute Gasteiger partial charge is 0.169 e. The van der Waals surface area contributed by atoms with Crippen LogP contribution in [-0.2, 0) is 0 Å². The van der Waals surface area contributed by atoms with Crippen molar-refractivity contribution in [2.24, 2.45) is 0 Å². The molecule has 0 amide bonds. The fourth-order valence-electron chi connectivity index (χ4n) is 2.64. The van der Waals surface area contributed by atoms with E-state index in [4.69, 9.17) is 5.73 Å². The number of rotatable bonds is 2. The topological polar surface area (TPSA) is 56.7 Å². The molecule has 16 heavy (non-hydrogen) atoms. The molecule has 1 aromatic heterocycles. The van der Waals surface area contributed by atoms with Gasteiger partial charge in [-0.05, 0) is 26.7 Å². The van der Waals surface area contributed by atoms with Crippen molar-refractivity contribution in [3.05, 3.63) is 5.69 Å². The van der Waals surface area contributed by atoms with Crippen molar-refractivity contribution in [2.45, 2.75) is 64.3 Å². The molecule has 1 saturated carbocycles. The SMILES string of the molecule is CC(C)n1nnc(N)c1C1CCCCCC1. The average molecular weight is 222 g/mol. The Kier molecular flexibility index (Phi) is 3.46. The first-order valence-electron chi connectivity index (χ1n) is 6.40. The molecule has 0 bridgehead atoms. The molecular formula is C12H22N4. The van der Waals surface area contributed by atoms with Crippen molar-refractivity contribution in [1.29, 1.82) is 0 Å². The predicted octanol–water partition coefficient (Wildman–Crippen LogP) is 2.88. The molecule has 1 aromatic rings. The lowest BCUT2D eigenvalue weighted by Gasteiger charge is -2.18. The maximum atomic E-state index is 5.97. The fraction of sp³-hybridized carbons (Fsp3) is 0.833. The summed E-state index contributed by atoms with van der Waals surface area (Å²) in [6.07, 6.45) is 7.83. The van der Waals surface area contributed by atoms with E-state index >= 15 is 0 Å². The van der Waals surface area contributed by atoms with Crippen molar-refractivity contribution in [3.63, 3.8) is 0 Å². The number of hydrogen-bond donors (Lipinski definition) is 1. The normalized spacial score (nSPS) is 18.9. The zero-order valence-corrected chi connectivity index (χ0v) is 10.3. The Labute approximate surface area is 97.2 Å². The molecule has 1 aliphatic carbocycles. The molecule has 1 heterocycles. The quantitative estimate of drug-likeness (QED) is 0.783. The summed E-state index contributed by atoms with van der Waals surface area (Å²) in [5.41, 5.74) is 7.14. The van der Waals surface area contributed by atoms with Crippen LogP contribution in [0.25, 0.3) is 0 Å². The van der Waals surface area contributed by atoms with Gasteiger partial charge in [-0.15, -0.1) is 5.10 Å². The van der Waals surface area contributed by atoms with Crippen molar-refractivity contribution in [3.8, 4) is 0 Å². The summed E-state index contributed by atoms with van der Waals surface area (Å²) < 4.78 is 2.01. The van der Waals surface area contributed by atoms with Crippen molar-refractivity contribution in [1.82, 2.24) is 15.0 Å². The van der Waals surface area contributed by atoms with Gasteiger partial charge in [0.1, 0.15) is 0 Å². The monoisotopic (exact) mass is 222 g/mol. The summed E-state index contributed by atoms with van der Waals surface area (Å²) in [5.74, 6) is 1.21. The number of nitrogens with two attached hydrogens (primary N) is 1. The molecule has 0 atom stereocenters. The van der Waals surface area contributed by atoms with Gasteiger partial charge in [0, 0.05) is 12.0 Å². The van der Waals surface area contributed by atoms with Gasteiger partial charge in [0.25, 0.3) is 0 Å². The summed E-state index contributed by atoms with van der Waals surface area (Å²) >= 11 is 0. The molecule has 90 valence electrons. The van der Waals surface area contributed by atoms with Gasteiger partial charge < -0.3 is 5.73 Å². The molecule has 0 saturated heterocycles. The molecular weight excluding hydrogens is 200 g/mol. The molecule has 1 aliphatic rings. The highest BCUT2D eigenvalue weighted by atomic mass is 15.5. The van der Waals surface area contributed by atoms with Crippen LogP contribution in [0.4, 0.5) is 5.82 Å². The molecule has 0 unspecified atom stereocenters. The van der Waals surface area contributed by atoms with Gasteiger partial charge in [-0.3, -0.25) is 0 Å². The lowest BCUT2D eigenvalue weighted by Crippen LogP contribution is -2.12. The van der Waals surface area contributed by atoms with Gasteiger partial charge in [-0.25, -0.2) is 4.68 Å². The van der Waals surface area contributed by atoms with Crippen LogP contribution < -0.4 is 5.73 Å². The van der Waals surface area contributed by atoms with Gasteiger partial charge in [0.2, 0.25) is 0 Å².